The third kappa shape index (κ3) is 9.36. The van der Waals surface area contributed by atoms with Crippen molar-refractivity contribution in [2.75, 3.05) is 0 Å². The number of aliphatic hydroxyl groups is 1. The Kier molecular flexibility index (Phi) is 14.2. The molecule has 0 saturated heterocycles. The fraction of sp³-hybridized carbons (Fsp3) is 0.429. The van der Waals surface area contributed by atoms with Crippen molar-refractivity contribution >= 4 is 49.1 Å². The van der Waals surface area contributed by atoms with Crippen LogP contribution in [0.15, 0.2) is 83.2 Å². The molecule has 295 valence electrons. The van der Waals surface area contributed by atoms with Gasteiger partial charge in [-0.1, -0.05) is 124 Å². The van der Waals surface area contributed by atoms with Gasteiger partial charge in [0.2, 0.25) is 5.71 Å². The Hall–Kier alpha value is -3.57. The number of hydrogen-bond donors (Lipinski definition) is 1. The van der Waals surface area contributed by atoms with E-state index in [1.165, 1.54) is 43.1 Å². The molecule has 0 aliphatic carbocycles. The van der Waals surface area contributed by atoms with Gasteiger partial charge >= 0.3 is 0 Å². The molecule has 6 aromatic rings. The van der Waals surface area contributed by atoms with E-state index in [0.29, 0.717) is 11.6 Å². The molecule has 0 aliphatic rings. The van der Waals surface area contributed by atoms with Crippen LogP contribution >= 0.6 is 11.3 Å². The number of ketones is 1. The molecule has 1 N–H and O–H groups in total. The molecule has 0 aliphatic heterocycles. The van der Waals surface area contributed by atoms with E-state index in [1.807, 2.05) is 58.9 Å². The number of fused-ring (bicyclic) bond motifs is 3. The molecule has 6 heteroatoms. The summed E-state index contributed by atoms with van der Waals surface area (Å²) in [6.45, 7) is 25.7. The molecule has 55 heavy (non-hydrogen) atoms. The van der Waals surface area contributed by atoms with Crippen molar-refractivity contribution in [1.82, 2.24) is 4.98 Å². The molecule has 4 nitrogen and oxygen atoms in total. The van der Waals surface area contributed by atoms with E-state index in [2.05, 4.69) is 102 Å². The molecule has 0 saturated carbocycles. The van der Waals surface area contributed by atoms with Crippen molar-refractivity contribution in [1.29, 1.82) is 0 Å². The minimum Gasteiger partial charge on any atom is -0.512 e. The maximum absolute atomic E-state index is 12.2. The molecule has 3 aromatic carbocycles. The zero-order chi connectivity index (χ0) is 39.6. The molecular weight excluding hydrogens is 875 g/mol. The second kappa shape index (κ2) is 17.7. The van der Waals surface area contributed by atoms with Crippen LogP contribution in [0.25, 0.3) is 54.3 Å². The topological polar surface area (TPSA) is 63.3 Å². The van der Waals surface area contributed by atoms with Crippen molar-refractivity contribution in [2.24, 2.45) is 16.7 Å². The first-order valence-corrected chi connectivity index (χ1v) is 20.6. The summed E-state index contributed by atoms with van der Waals surface area (Å²) in [6.07, 6.45) is 7.62. The van der Waals surface area contributed by atoms with Crippen LogP contribution in [-0.2, 0) is 36.7 Å². The molecule has 0 bridgehead atoms. The summed E-state index contributed by atoms with van der Waals surface area (Å²) in [7, 11) is 0. The van der Waals surface area contributed by atoms with Gasteiger partial charge in [-0.2, -0.15) is 0 Å². The fourth-order valence-corrected chi connectivity index (χ4v) is 8.47. The van der Waals surface area contributed by atoms with Crippen LogP contribution < -0.4 is 0 Å². The monoisotopic (exact) mass is 935 g/mol. The number of aryl methyl sites for hydroxylation is 1. The SMILES string of the molecule is CCC(C)(CC)C(=O)/C=C(\O)C(C)(CC)CC.Cc1c(CC(C)C)sc2cc(-c3cc(-c4[c-]c5ccccc5c(C(C)(C)C)c4)nc4occc34)ccc12.[Ir]. The molecule has 6 rings (SSSR count). The summed E-state index contributed by atoms with van der Waals surface area (Å²) < 4.78 is 7.20. The van der Waals surface area contributed by atoms with Crippen LogP contribution in [0, 0.1) is 29.7 Å². The van der Waals surface area contributed by atoms with Crippen LogP contribution in [0.2, 0.25) is 0 Å². The van der Waals surface area contributed by atoms with Crippen molar-refractivity contribution in [3.63, 3.8) is 0 Å². The number of aromatic nitrogens is 1. The normalized spacial score (nSPS) is 12.6. The van der Waals surface area contributed by atoms with Crippen LogP contribution in [0.3, 0.4) is 0 Å². The van der Waals surface area contributed by atoms with Gasteiger partial charge in [-0.3, -0.25) is 9.78 Å². The molecule has 0 amide bonds. The summed E-state index contributed by atoms with van der Waals surface area (Å²) in [5.74, 6) is 0.935. The van der Waals surface area contributed by atoms with E-state index in [1.54, 1.807) is 6.26 Å². The van der Waals surface area contributed by atoms with Gasteiger partial charge < -0.3 is 9.52 Å². The standard InChI is InChI=1S/C34H32NOS.C15H28O2.Ir/c1-20(2)15-31-21(3)25-12-11-23(18-32(25)37-31)28-19-30(35-33-27(28)13-14-36-33)24-16-22-9-7-8-10-26(22)29(17-24)34(4,5)6;1-7-14(5,8-2)12(16)11-13(17)15(6,9-3)10-4;/h7-14,17-20H,15H2,1-6H3;11,16H,7-10H2,1-6H3;/q-1;;/b;12-11-;. The minimum absolute atomic E-state index is 0. The van der Waals surface area contributed by atoms with Gasteiger partial charge in [0.1, 0.15) is 5.76 Å². The number of rotatable bonds is 11. The molecule has 0 fully saturated rings. The second-order valence-corrected chi connectivity index (χ2v) is 18.1. The van der Waals surface area contributed by atoms with Gasteiger partial charge in [0, 0.05) is 57.7 Å². The Balaban J connectivity index is 0.000000320. The molecule has 0 atom stereocenters. The third-order valence-electron chi connectivity index (χ3n) is 11.8. The molecule has 0 unspecified atom stereocenters. The Morgan fingerprint density at radius 3 is 2.15 bits per heavy atom. The quantitative estimate of drug-likeness (QED) is 0.0799. The summed E-state index contributed by atoms with van der Waals surface area (Å²) in [5.41, 5.74) is 6.99. The number of carbonyl (C=O) groups is 1. The number of allylic oxidation sites excluding steroid dienone is 2. The van der Waals surface area contributed by atoms with Crippen molar-refractivity contribution < 1.29 is 34.4 Å². The van der Waals surface area contributed by atoms with Gasteiger partial charge in [0.25, 0.3) is 0 Å². The van der Waals surface area contributed by atoms with Crippen LogP contribution in [0.5, 0.6) is 0 Å². The number of pyridine rings is 1. The summed E-state index contributed by atoms with van der Waals surface area (Å²) >= 11 is 1.93. The maximum Gasteiger partial charge on any atom is 0.219 e. The van der Waals surface area contributed by atoms with E-state index < -0.39 is 0 Å². The second-order valence-electron chi connectivity index (χ2n) is 17.0. The zero-order valence-electron chi connectivity index (χ0n) is 35.0. The van der Waals surface area contributed by atoms with Crippen LogP contribution in [0.1, 0.15) is 118 Å². The van der Waals surface area contributed by atoms with Crippen molar-refractivity contribution in [2.45, 2.75) is 121 Å². The van der Waals surface area contributed by atoms with E-state index >= 15 is 0 Å². The van der Waals surface area contributed by atoms with Gasteiger partial charge in [-0.15, -0.1) is 40.5 Å². The summed E-state index contributed by atoms with van der Waals surface area (Å²) in [5, 5.41) is 14.9. The molecule has 0 spiro atoms. The zero-order valence-corrected chi connectivity index (χ0v) is 38.2. The number of hydrogen-bond acceptors (Lipinski definition) is 5. The Morgan fingerprint density at radius 2 is 1.53 bits per heavy atom. The molecule has 1 radical (unpaired) electrons. The predicted octanol–water partition coefficient (Wildman–Crippen LogP) is 14.8. The van der Waals surface area contributed by atoms with Crippen LogP contribution in [-0.4, -0.2) is 15.9 Å². The van der Waals surface area contributed by atoms with Gasteiger partial charge in [-0.25, -0.2) is 0 Å². The first kappa shape index (κ1) is 44.1. The Morgan fingerprint density at radius 1 is 0.873 bits per heavy atom. The Bertz CT molecular complexity index is 2290. The number of carbonyl (C=O) groups excluding carboxylic acids is 1. The summed E-state index contributed by atoms with van der Waals surface area (Å²) in [6, 6.07) is 25.5. The first-order valence-electron chi connectivity index (χ1n) is 19.8. The minimum atomic E-state index is -0.337. The number of aliphatic hydroxyl groups excluding tert-OH is 1. The average Bonchev–Trinajstić information content (AvgIpc) is 3.76. The fourth-order valence-electron chi connectivity index (χ4n) is 7.01. The number of thiophene rings is 1. The van der Waals surface area contributed by atoms with Crippen LogP contribution in [0.4, 0.5) is 0 Å². The average molecular weight is 935 g/mol. The largest absolute Gasteiger partial charge is 0.512 e. The van der Waals surface area contributed by atoms with E-state index in [0.717, 1.165) is 59.7 Å². The van der Waals surface area contributed by atoms with Gasteiger partial charge in [0.05, 0.1) is 6.26 Å². The first-order chi connectivity index (χ1) is 25.5. The van der Waals surface area contributed by atoms with Gasteiger partial charge in [0.15, 0.2) is 5.78 Å². The third-order valence-corrected chi connectivity index (χ3v) is 13.1. The number of benzene rings is 3. The van der Waals surface area contributed by atoms with E-state index in [-0.39, 0.29) is 47.9 Å². The van der Waals surface area contributed by atoms with Crippen molar-refractivity contribution in [3.8, 4) is 22.4 Å². The van der Waals surface area contributed by atoms with E-state index in [9.17, 15) is 9.90 Å². The summed E-state index contributed by atoms with van der Waals surface area (Å²) in [4.78, 5) is 18.6. The molecule has 3 heterocycles. The predicted molar refractivity (Wildman–Crippen MR) is 232 cm³/mol. The molecule has 3 aromatic heterocycles. The van der Waals surface area contributed by atoms with E-state index in [4.69, 9.17) is 9.40 Å². The maximum atomic E-state index is 12.2. The van der Waals surface area contributed by atoms with Gasteiger partial charge in [-0.05, 0) is 84.6 Å². The Labute approximate surface area is 347 Å². The smallest absolute Gasteiger partial charge is 0.219 e. The molecular formula is C49H60IrNO3S-. The number of nitrogens with zero attached hydrogens (tertiary/aromatic N) is 1. The van der Waals surface area contributed by atoms with Crippen molar-refractivity contribution in [3.05, 3.63) is 101 Å². The number of furan rings is 1.